The van der Waals surface area contributed by atoms with Gasteiger partial charge < -0.3 is 18.1 Å². The second-order valence-electron chi connectivity index (χ2n) is 19.7. The molecule has 16 rings (SSSR count). The number of fused-ring (bicyclic) bond motifs is 12. The van der Waals surface area contributed by atoms with E-state index in [1.54, 1.807) is 0 Å². The molecule has 0 aliphatic carbocycles. The molecule has 0 aliphatic heterocycles. The number of rotatable bonds is 7. The van der Waals surface area contributed by atoms with Gasteiger partial charge in [-0.3, -0.25) is 0 Å². The first kappa shape index (κ1) is 42.2. The molecule has 16 aromatic rings. The minimum absolute atomic E-state index is 0.646. The molecular formula is C70H43N5O. The molecule has 0 atom stereocenters. The highest BCUT2D eigenvalue weighted by atomic mass is 16.3. The third kappa shape index (κ3) is 6.34. The molecule has 0 spiro atoms. The van der Waals surface area contributed by atoms with Crippen molar-refractivity contribution in [2.75, 3.05) is 0 Å². The fourth-order valence-corrected chi connectivity index (χ4v) is 12.1. The van der Waals surface area contributed by atoms with Crippen LogP contribution in [-0.2, 0) is 0 Å². The van der Waals surface area contributed by atoms with Gasteiger partial charge in [-0.15, -0.1) is 0 Å². The zero-order valence-electron chi connectivity index (χ0n) is 41.0. The summed E-state index contributed by atoms with van der Waals surface area (Å²) in [4.78, 5) is 10.9. The predicted molar refractivity (Wildman–Crippen MR) is 314 cm³/mol. The molecule has 0 N–H and O–H groups in total. The molecule has 5 aromatic heterocycles. The summed E-state index contributed by atoms with van der Waals surface area (Å²) in [5.41, 5.74) is 18.2. The Morgan fingerprint density at radius 2 is 0.671 bits per heavy atom. The Balaban J connectivity index is 1.02. The standard InChI is InChI=1S/C70H43N5O/c1-2-19-46(20-3-1)70-71-57(45-39-37-44(38-40-45)48-28-18-29-56-55-27-10-17-36-67(55)76-69(48)56)43-58(72-70)47-41-65(73-59-30-11-4-21-49(59)50-22-5-12-31-60(50)73)68(75-63-34-15-8-25-53(63)54-26-9-16-35-64(54)75)66(42-47)74-61-32-13-6-23-51(61)52-24-7-14-33-62(52)74/h1-43H. The van der Waals surface area contributed by atoms with Crippen molar-refractivity contribution in [3.8, 4) is 62.1 Å². The van der Waals surface area contributed by atoms with Crippen LogP contribution in [0.25, 0.3) is 149 Å². The molecular weight excluding hydrogens is 927 g/mol. The summed E-state index contributed by atoms with van der Waals surface area (Å²) < 4.78 is 14.0. The van der Waals surface area contributed by atoms with E-state index in [0.717, 1.165) is 111 Å². The molecule has 354 valence electrons. The first-order valence-corrected chi connectivity index (χ1v) is 25.8. The Kier molecular flexibility index (Phi) is 9.23. The zero-order valence-corrected chi connectivity index (χ0v) is 41.0. The van der Waals surface area contributed by atoms with Crippen LogP contribution in [0.4, 0.5) is 0 Å². The maximum atomic E-state index is 6.50. The Morgan fingerprint density at radius 1 is 0.276 bits per heavy atom. The lowest BCUT2D eigenvalue weighted by atomic mass is 9.99. The van der Waals surface area contributed by atoms with Crippen LogP contribution in [0.3, 0.4) is 0 Å². The predicted octanol–water partition coefficient (Wildman–Crippen LogP) is 18.3. The number of aromatic nitrogens is 5. The highest BCUT2D eigenvalue weighted by molar-refractivity contribution is 6.14. The number of hydrogen-bond donors (Lipinski definition) is 0. The minimum Gasteiger partial charge on any atom is -0.455 e. The van der Waals surface area contributed by atoms with Crippen LogP contribution in [0.5, 0.6) is 0 Å². The topological polar surface area (TPSA) is 53.7 Å². The lowest BCUT2D eigenvalue weighted by Crippen LogP contribution is -2.10. The Morgan fingerprint density at radius 3 is 1.17 bits per heavy atom. The second kappa shape index (κ2) is 16.6. The van der Waals surface area contributed by atoms with E-state index in [0.29, 0.717) is 5.82 Å². The van der Waals surface area contributed by atoms with E-state index in [2.05, 4.69) is 256 Å². The molecule has 0 saturated carbocycles. The number of nitrogens with zero attached hydrogens (tertiary/aromatic N) is 5. The van der Waals surface area contributed by atoms with E-state index in [1.807, 2.05) is 18.2 Å². The van der Waals surface area contributed by atoms with Crippen molar-refractivity contribution in [2.45, 2.75) is 0 Å². The zero-order chi connectivity index (χ0) is 49.8. The first-order chi connectivity index (χ1) is 37.7. The maximum Gasteiger partial charge on any atom is 0.160 e. The SMILES string of the molecule is c1ccc(-c2nc(-c3ccc(-c4cccc5c4oc4ccccc45)cc3)cc(-c3cc(-n4c5ccccc5c5ccccc54)c(-n4c5ccccc5c5ccccc54)c(-n4c5ccccc5c5ccccc54)c3)n2)cc1. The van der Waals surface area contributed by atoms with Crippen molar-refractivity contribution >= 4 is 87.4 Å². The van der Waals surface area contributed by atoms with E-state index in [1.165, 1.54) is 32.3 Å². The summed E-state index contributed by atoms with van der Waals surface area (Å²) in [5.74, 6) is 0.646. The molecule has 0 unspecified atom stereocenters. The van der Waals surface area contributed by atoms with E-state index in [-0.39, 0.29) is 0 Å². The van der Waals surface area contributed by atoms with Gasteiger partial charge in [-0.2, -0.15) is 0 Å². The molecule has 76 heavy (non-hydrogen) atoms. The van der Waals surface area contributed by atoms with E-state index in [4.69, 9.17) is 14.4 Å². The van der Waals surface area contributed by atoms with Gasteiger partial charge in [-0.05, 0) is 66.2 Å². The molecule has 6 heteroatoms. The van der Waals surface area contributed by atoms with Crippen LogP contribution < -0.4 is 0 Å². The van der Waals surface area contributed by atoms with E-state index < -0.39 is 0 Å². The van der Waals surface area contributed by atoms with Crippen LogP contribution in [0.1, 0.15) is 0 Å². The van der Waals surface area contributed by atoms with Crippen molar-refractivity contribution in [2.24, 2.45) is 0 Å². The van der Waals surface area contributed by atoms with Crippen molar-refractivity contribution in [3.05, 3.63) is 261 Å². The summed E-state index contributed by atoms with van der Waals surface area (Å²) in [7, 11) is 0. The highest BCUT2D eigenvalue weighted by Crippen LogP contribution is 2.45. The normalized spacial score (nSPS) is 11.9. The first-order valence-electron chi connectivity index (χ1n) is 25.8. The van der Waals surface area contributed by atoms with Gasteiger partial charge in [0.25, 0.3) is 0 Å². The number of hydrogen-bond acceptors (Lipinski definition) is 3. The third-order valence-electron chi connectivity index (χ3n) is 15.5. The van der Waals surface area contributed by atoms with E-state index >= 15 is 0 Å². The van der Waals surface area contributed by atoms with Crippen LogP contribution in [0, 0.1) is 0 Å². The van der Waals surface area contributed by atoms with Gasteiger partial charge in [0.1, 0.15) is 11.2 Å². The average Bonchev–Trinajstić information content (AvgIpc) is 4.33. The van der Waals surface area contributed by atoms with Gasteiger partial charge >= 0.3 is 0 Å². The molecule has 5 heterocycles. The summed E-state index contributed by atoms with van der Waals surface area (Å²) in [6.45, 7) is 0. The van der Waals surface area contributed by atoms with Crippen LogP contribution in [-0.4, -0.2) is 23.7 Å². The molecule has 0 saturated heterocycles. The summed E-state index contributed by atoms with van der Waals surface area (Å²) in [5, 5.41) is 9.35. The van der Waals surface area contributed by atoms with E-state index in [9.17, 15) is 0 Å². The number of furan rings is 1. The maximum absolute atomic E-state index is 6.50. The largest absolute Gasteiger partial charge is 0.455 e. The minimum atomic E-state index is 0.646. The van der Waals surface area contributed by atoms with Gasteiger partial charge in [-0.25, -0.2) is 9.97 Å². The summed E-state index contributed by atoms with van der Waals surface area (Å²) in [6.07, 6.45) is 0. The molecule has 6 nitrogen and oxygen atoms in total. The van der Waals surface area contributed by atoms with Gasteiger partial charge in [0.2, 0.25) is 0 Å². The average molecular weight is 970 g/mol. The van der Waals surface area contributed by atoms with Crippen LogP contribution in [0.2, 0.25) is 0 Å². The Hall–Kier alpha value is -10.3. The molecule has 0 fully saturated rings. The fourth-order valence-electron chi connectivity index (χ4n) is 12.1. The van der Waals surface area contributed by atoms with Crippen LogP contribution in [0.15, 0.2) is 265 Å². The quantitative estimate of drug-likeness (QED) is 0.160. The fraction of sp³-hybridized carbons (Fsp3) is 0. The summed E-state index contributed by atoms with van der Waals surface area (Å²) in [6, 6.07) is 93.5. The lowest BCUT2D eigenvalue weighted by Gasteiger charge is -2.23. The summed E-state index contributed by atoms with van der Waals surface area (Å²) >= 11 is 0. The highest BCUT2D eigenvalue weighted by Gasteiger charge is 2.27. The Labute approximate surface area is 436 Å². The van der Waals surface area contributed by atoms with Crippen molar-refractivity contribution in [1.82, 2.24) is 23.7 Å². The smallest absolute Gasteiger partial charge is 0.160 e. The van der Waals surface area contributed by atoms with Gasteiger partial charge in [0.15, 0.2) is 5.82 Å². The van der Waals surface area contributed by atoms with Crippen molar-refractivity contribution in [3.63, 3.8) is 0 Å². The second-order valence-corrected chi connectivity index (χ2v) is 19.7. The monoisotopic (exact) mass is 969 g/mol. The molecule has 0 aliphatic rings. The molecule has 0 amide bonds. The molecule has 0 bridgehead atoms. The third-order valence-corrected chi connectivity index (χ3v) is 15.5. The van der Waals surface area contributed by atoms with Crippen LogP contribution >= 0.6 is 0 Å². The van der Waals surface area contributed by atoms with Crippen molar-refractivity contribution < 1.29 is 4.42 Å². The molecule has 11 aromatic carbocycles. The van der Waals surface area contributed by atoms with Crippen molar-refractivity contribution in [1.29, 1.82) is 0 Å². The molecule has 0 radical (unpaired) electrons. The number of para-hydroxylation sites is 8. The Bertz CT molecular complexity index is 4700. The number of benzene rings is 11. The lowest BCUT2D eigenvalue weighted by molar-refractivity contribution is 0.670. The van der Waals surface area contributed by atoms with Gasteiger partial charge in [-0.1, -0.05) is 200 Å². The van der Waals surface area contributed by atoms with Gasteiger partial charge in [0, 0.05) is 65.3 Å². The van der Waals surface area contributed by atoms with Gasteiger partial charge in [0.05, 0.1) is 61.6 Å².